The van der Waals surface area contributed by atoms with E-state index in [0.717, 1.165) is 62.7 Å². The SMILES string of the molecule is COc1ccc(COP(OP(=O)([O-])O)N(C2CCCCC2)C2CCCCC2)cc1.[Th]. The zero-order chi connectivity index (χ0) is 20.7. The second-order valence-electron chi connectivity index (χ2n) is 7.87. The van der Waals surface area contributed by atoms with Crippen LogP contribution in [0.4, 0.5) is 0 Å². The maximum atomic E-state index is 11.7. The van der Waals surface area contributed by atoms with Gasteiger partial charge in [-0.1, -0.05) is 50.7 Å². The number of nitrogens with zero attached hydrogens (tertiary/aromatic N) is 1. The molecule has 0 amide bonds. The predicted molar refractivity (Wildman–Crippen MR) is 111 cm³/mol. The summed E-state index contributed by atoms with van der Waals surface area (Å²) in [6.07, 6.45) is 11.0. The van der Waals surface area contributed by atoms with Crippen molar-refractivity contribution in [2.75, 3.05) is 7.11 Å². The molecule has 0 saturated heterocycles. The van der Waals surface area contributed by atoms with Crippen LogP contribution in [0.25, 0.3) is 0 Å². The van der Waals surface area contributed by atoms with Crippen LogP contribution in [0.15, 0.2) is 24.3 Å². The van der Waals surface area contributed by atoms with Crippen molar-refractivity contribution in [2.45, 2.75) is 82.9 Å². The van der Waals surface area contributed by atoms with E-state index in [2.05, 4.69) is 4.67 Å². The molecule has 2 fully saturated rings. The fourth-order valence-corrected chi connectivity index (χ4v) is 6.95. The maximum Gasteiger partial charge on any atom is 0.271 e. The van der Waals surface area contributed by atoms with Gasteiger partial charge in [0.05, 0.1) is 13.7 Å². The van der Waals surface area contributed by atoms with Crippen LogP contribution in [0.2, 0.25) is 0 Å². The van der Waals surface area contributed by atoms with E-state index in [9.17, 15) is 14.4 Å². The molecule has 1 N–H and O–H groups in total. The van der Waals surface area contributed by atoms with E-state index in [1.165, 1.54) is 12.8 Å². The first-order chi connectivity index (χ1) is 14.0. The summed E-state index contributed by atoms with van der Waals surface area (Å²) >= 11 is 0. The first-order valence-electron chi connectivity index (χ1n) is 10.5. The second-order valence-corrected chi connectivity index (χ2v) is 10.7. The molecule has 0 bridgehead atoms. The molecular formula is C20H32NO6P2Th-. The Labute approximate surface area is 213 Å². The number of hydrogen-bond donors (Lipinski definition) is 1. The first-order valence-corrected chi connectivity index (χ1v) is 13.2. The van der Waals surface area contributed by atoms with Gasteiger partial charge >= 0.3 is 0 Å². The van der Waals surface area contributed by atoms with Crippen molar-refractivity contribution in [1.29, 1.82) is 0 Å². The molecule has 7 nitrogen and oxygen atoms in total. The molecule has 30 heavy (non-hydrogen) atoms. The van der Waals surface area contributed by atoms with Crippen molar-refractivity contribution < 1.29 is 67.9 Å². The van der Waals surface area contributed by atoms with Gasteiger partial charge in [0.15, 0.2) is 0 Å². The topological polar surface area (TPSA) is 91.3 Å². The average Bonchev–Trinajstić information content (AvgIpc) is 2.73. The van der Waals surface area contributed by atoms with Gasteiger partial charge in [-0.2, -0.15) is 0 Å². The third-order valence-electron chi connectivity index (χ3n) is 5.76. The van der Waals surface area contributed by atoms with E-state index < -0.39 is 16.3 Å². The molecule has 2 atom stereocenters. The van der Waals surface area contributed by atoms with Crippen molar-refractivity contribution in [3.63, 3.8) is 0 Å². The number of hydrogen-bond acceptors (Lipinski definition) is 6. The van der Waals surface area contributed by atoms with Crippen LogP contribution in [0, 0.1) is 39.9 Å². The molecule has 2 unspecified atom stereocenters. The van der Waals surface area contributed by atoms with Crippen molar-refractivity contribution in [3.8, 4) is 5.75 Å². The maximum absolute atomic E-state index is 11.7. The summed E-state index contributed by atoms with van der Waals surface area (Å²) in [5.74, 6) is 0.748. The van der Waals surface area contributed by atoms with Gasteiger partial charge in [-0.15, -0.1) is 0 Å². The standard InChI is InChI=1S/C20H33NO6P2.Th/c1-25-20-14-12-17(13-15-20)16-26-28(27-29(22,23)24)21(18-8-4-2-5-9-18)19-10-6-3-7-11-19;/h12-15,18-19H,2-11,16H2,1H3,(H2,22,23,24);/p-1. The molecule has 2 saturated carbocycles. The van der Waals surface area contributed by atoms with Crippen LogP contribution in [0.1, 0.15) is 69.8 Å². The van der Waals surface area contributed by atoms with Crippen LogP contribution in [0.3, 0.4) is 0 Å². The van der Waals surface area contributed by atoms with Gasteiger partial charge in [0.25, 0.3) is 16.3 Å². The Kier molecular flexibility index (Phi) is 12.2. The molecular weight excluding hydrogens is 644 g/mol. The van der Waals surface area contributed by atoms with Crippen LogP contribution >= 0.6 is 16.3 Å². The van der Waals surface area contributed by atoms with E-state index in [-0.39, 0.29) is 58.6 Å². The van der Waals surface area contributed by atoms with Crippen molar-refractivity contribution >= 4 is 16.3 Å². The largest absolute Gasteiger partial charge is 0.756 e. The smallest absolute Gasteiger partial charge is 0.271 e. The molecule has 0 heterocycles. The van der Waals surface area contributed by atoms with E-state index in [1.54, 1.807) is 7.11 Å². The molecule has 0 aromatic heterocycles. The van der Waals surface area contributed by atoms with Crippen LogP contribution < -0.4 is 9.63 Å². The van der Waals surface area contributed by atoms with Gasteiger partial charge < -0.3 is 19.0 Å². The minimum Gasteiger partial charge on any atom is -0.756 e. The Morgan fingerprint density at radius 2 is 1.53 bits per heavy atom. The molecule has 3 rings (SSSR count). The minimum atomic E-state index is -4.92. The van der Waals surface area contributed by atoms with Crippen molar-refractivity contribution in [3.05, 3.63) is 29.8 Å². The number of rotatable bonds is 9. The summed E-state index contributed by atoms with van der Waals surface area (Å²) in [6, 6.07) is 7.92. The Morgan fingerprint density at radius 3 is 1.97 bits per heavy atom. The summed E-state index contributed by atoms with van der Waals surface area (Å²) < 4.78 is 30.2. The third kappa shape index (κ3) is 8.63. The van der Waals surface area contributed by atoms with E-state index in [1.807, 2.05) is 24.3 Å². The van der Waals surface area contributed by atoms with E-state index in [4.69, 9.17) is 13.6 Å². The number of phosphoric acid groups is 1. The monoisotopic (exact) mass is 676 g/mol. The minimum absolute atomic E-state index is 0. The Bertz CT molecular complexity index is 644. The normalized spacial score (nSPS) is 21.6. The number of benzene rings is 1. The fourth-order valence-electron chi connectivity index (χ4n) is 4.33. The van der Waals surface area contributed by atoms with Crippen molar-refractivity contribution in [1.82, 2.24) is 4.67 Å². The zero-order valence-electron chi connectivity index (χ0n) is 17.6. The molecule has 2 aliphatic carbocycles. The third-order valence-corrected chi connectivity index (χ3v) is 8.52. The number of ether oxygens (including phenoxy) is 1. The summed E-state index contributed by atoms with van der Waals surface area (Å²) in [5.41, 5.74) is 0.896. The van der Waals surface area contributed by atoms with Gasteiger partial charge in [-0.25, -0.2) is 4.67 Å². The van der Waals surface area contributed by atoms with Crippen LogP contribution in [-0.4, -0.2) is 28.8 Å². The van der Waals surface area contributed by atoms with Crippen molar-refractivity contribution in [2.24, 2.45) is 0 Å². The summed E-state index contributed by atoms with van der Waals surface area (Å²) in [5, 5.41) is 0. The number of methoxy groups -OCH3 is 1. The van der Waals surface area contributed by atoms with Gasteiger partial charge in [0.1, 0.15) is 5.75 Å². The summed E-state index contributed by atoms with van der Waals surface area (Å²) in [6.45, 7) is 0.214. The molecule has 10 heteroatoms. The summed E-state index contributed by atoms with van der Waals surface area (Å²) in [7, 11) is -5.23. The quantitative estimate of drug-likeness (QED) is 0.373. The van der Waals surface area contributed by atoms with Crippen LogP contribution in [-0.2, 0) is 20.0 Å². The Morgan fingerprint density at radius 1 is 1.03 bits per heavy atom. The Balaban J connectivity index is 0.00000320. The zero-order valence-corrected chi connectivity index (χ0v) is 23.5. The van der Waals surface area contributed by atoms with Gasteiger partial charge in [0, 0.05) is 52.0 Å². The van der Waals surface area contributed by atoms with E-state index in [0.29, 0.717) is 0 Å². The average molecular weight is 676 g/mol. The van der Waals surface area contributed by atoms with E-state index >= 15 is 0 Å². The predicted octanol–water partition coefficient (Wildman–Crippen LogP) is 4.88. The molecule has 1 aromatic rings. The summed E-state index contributed by atoms with van der Waals surface area (Å²) in [4.78, 5) is 21.1. The fraction of sp³-hybridized carbons (Fsp3) is 0.700. The second kappa shape index (κ2) is 13.5. The molecule has 168 valence electrons. The van der Waals surface area contributed by atoms with Gasteiger partial charge in [0.2, 0.25) is 0 Å². The van der Waals surface area contributed by atoms with Gasteiger partial charge in [-0.05, 0) is 43.4 Å². The first kappa shape index (κ1) is 27.1. The Hall–Kier alpha value is 0.805. The molecule has 2 aliphatic rings. The van der Waals surface area contributed by atoms with Gasteiger partial charge in [-0.3, -0.25) is 8.88 Å². The molecule has 0 radical (unpaired) electrons. The molecule has 0 aliphatic heterocycles. The van der Waals surface area contributed by atoms with Crippen LogP contribution in [0.5, 0.6) is 5.75 Å². The molecule has 1 aromatic carbocycles. The molecule has 0 spiro atoms.